The van der Waals surface area contributed by atoms with Crippen molar-refractivity contribution in [3.05, 3.63) is 30.1 Å². The highest BCUT2D eigenvalue weighted by molar-refractivity contribution is 6.40. The zero-order valence-corrected chi connectivity index (χ0v) is 14.6. The van der Waals surface area contributed by atoms with Gasteiger partial charge < -0.3 is 16.0 Å². The number of piperazine rings is 1. The Morgan fingerprint density at radius 3 is 2.60 bits per heavy atom. The van der Waals surface area contributed by atoms with Crippen LogP contribution in [0.1, 0.15) is 13.3 Å². The molecule has 3 N–H and O–H groups in total. The fourth-order valence-electron chi connectivity index (χ4n) is 2.99. The van der Waals surface area contributed by atoms with Gasteiger partial charge in [-0.1, -0.05) is 0 Å². The number of carbonyl (C=O) groups excluding carboxylic acids is 2. The fourth-order valence-corrected chi connectivity index (χ4v) is 2.99. The molecule has 2 aliphatic heterocycles. The summed E-state index contributed by atoms with van der Waals surface area (Å²) in [6.07, 6.45) is 0.157. The summed E-state index contributed by atoms with van der Waals surface area (Å²) >= 11 is 0. The molecule has 0 spiro atoms. The molecule has 1 aromatic rings. The summed E-state index contributed by atoms with van der Waals surface area (Å²) in [7, 11) is 0. The van der Waals surface area contributed by atoms with E-state index in [0.29, 0.717) is 24.5 Å². The number of halogens is 2. The van der Waals surface area contributed by atoms with Gasteiger partial charge in [0.15, 0.2) is 0 Å². The summed E-state index contributed by atoms with van der Waals surface area (Å²) in [6.45, 7) is 3.92. The average Bonchev–Trinajstić information content (AvgIpc) is 3.00. The van der Waals surface area contributed by atoms with Crippen molar-refractivity contribution in [3.8, 4) is 0 Å². The lowest BCUT2D eigenvalue weighted by molar-refractivity contribution is -0.125. The summed E-state index contributed by atoms with van der Waals surface area (Å²) < 4.78 is 13.1. The van der Waals surface area contributed by atoms with Crippen LogP contribution in [0.25, 0.3) is 0 Å². The molecule has 0 bridgehead atoms. The zero-order valence-electron chi connectivity index (χ0n) is 13.8. The van der Waals surface area contributed by atoms with E-state index in [9.17, 15) is 14.0 Å². The van der Waals surface area contributed by atoms with E-state index in [4.69, 9.17) is 5.73 Å². The first kappa shape index (κ1) is 19.1. The maximum Gasteiger partial charge on any atom is 0.270 e. The molecular weight excluding hydrogens is 349 g/mol. The van der Waals surface area contributed by atoms with Crippen molar-refractivity contribution in [2.24, 2.45) is 10.8 Å². The van der Waals surface area contributed by atoms with Gasteiger partial charge in [0.05, 0.1) is 5.69 Å². The van der Waals surface area contributed by atoms with Crippen molar-refractivity contribution < 1.29 is 14.0 Å². The van der Waals surface area contributed by atoms with Crippen molar-refractivity contribution in [1.29, 1.82) is 0 Å². The number of nitrogens with zero attached hydrogens (tertiary/aromatic N) is 3. The number of carbonyl (C=O) groups is 2. The minimum atomic E-state index is -0.741. The lowest BCUT2D eigenvalue weighted by atomic mass is 10.1. The van der Waals surface area contributed by atoms with E-state index in [-0.39, 0.29) is 36.6 Å². The Morgan fingerprint density at radius 1 is 1.32 bits per heavy atom. The summed E-state index contributed by atoms with van der Waals surface area (Å²) in [5, 5.41) is 8.98. The van der Waals surface area contributed by atoms with E-state index >= 15 is 0 Å². The molecular formula is C16H21ClFN5O2. The number of anilines is 1. The lowest BCUT2D eigenvalue weighted by Gasteiger charge is -2.31. The molecule has 1 aromatic carbocycles. The first-order valence-electron chi connectivity index (χ1n) is 7.90. The van der Waals surface area contributed by atoms with E-state index in [2.05, 4.69) is 10.4 Å². The van der Waals surface area contributed by atoms with Crippen LogP contribution in [-0.4, -0.2) is 54.1 Å². The molecule has 0 radical (unpaired) electrons. The molecule has 3 rings (SSSR count). The molecule has 0 aliphatic carbocycles. The van der Waals surface area contributed by atoms with Gasteiger partial charge in [0, 0.05) is 32.1 Å². The van der Waals surface area contributed by atoms with E-state index in [0.717, 1.165) is 6.54 Å². The Hall–Kier alpha value is -2.19. The number of hydrogen-bond donors (Lipinski definition) is 2. The third kappa shape index (κ3) is 4.08. The first-order valence-corrected chi connectivity index (χ1v) is 7.90. The van der Waals surface area contributed by atoms with Crippen molar-refractivity contribution in [1.82, 2.24) is 10.2 Å². The van der Waals surface area contributed by atoms with Crippen LogP contribution in [0, 0.1) is 5.82 Å². The number of nitrogens with one attached hydrogen (secondary N) is 1. The second-order valence-corrected chi connectivity index (χ2v) is 6.10. The summed E-state index contributed by atoms with van der Waals surface area (Å²) in [4.78, 5) is 26.1. The van der Waals surface area contributed by atoms with Gasteiger partial charge in [-0.05, 0) is 31.2 Å². The zero-order chi connectivity index (χ0) is 17.3. The number of benzene rings is 1. The monoisotopic (exact) mass is 369 g/mol. The van der Waals surface area contributed by atoms with Crippen molar-refractivity contribution in [2.45, 2.75) is 25.4 Å². The number of hydrogen-bond acceptors (Lipinski definition) is 5. The second kappa shape index (κ2) is 7.79. The maximum atomic E-state index is 13.1. The van der Waals surface area contributed by atoms with Crippen molar-refractivity contribution >= 4 is 35.6 Å². The van der Waals surface area contributed by atoms with Gasteiger partial charge >= 0.3 is 0 Å². The standard InChI is InChI=1S/C16H20FN5O2.ClH/c1-10-9-21(7-6-19-10)16(24)13-8-14(15(18)23)22(20-13)12-4-2-11(17)3-5-12;/h2-5,10,14,19H,6-9H2,1H3,(H2,18,23);1H/t10-,14?;/m1./s1. The molecule has 7 nitrogen and oxygen atoms in total. The predicted octanol–water partition coefficient (Wildman–Crippen LogP) is 0.488. The summed E-state index contributed by atoms with van der Waals surface area (Å²) in [5.41, 5.74) is 6.28. The largest absolute Gasteiger partial charge is 0.368 e. The van der Waals surface area contributed by atoms with Crippen LogP contribution in [0.2, 0.25) is 0 Å². The second-order valence-electron chi connectivity index (χ2n) is 6.10. The third-order valence-electron chi connectivity index (χ3n) is 4.23. The first-order chi connectivity index (χ1) is 11.5. The highest BCUT2D eigenvalue weighted by atomic mass is 35.5. The van der Waals surface area contributed by atoms with Crippen LogP contribution >= 0.6 is 12.4 Å². The molecule has 9 heteroatoms. The van der Waals surface area contributed by atoms with Gasteiger partial charge in [-0.2, -0.15) is 5.10 Å². The van der Waals surface area contributed by atoms with Gasteiger partial charge in [0.25, 0.3) is 5.91 Å². The van der Waals surface area contributed by atoms with Crippen molar-refractivity contribution in [2.75, 3.05) is 24.6 Å². The molecule has 1 saturated heterocycles. The van der Waals surface area contributed by atoms with Gasteiger partial charge in [-0.3, -0.25) is 14.6 Å². The fraction of sp³-hybridized carbons (Fsp3) is 0.438. The Morgan fingerprint density at radius 2 is 2.00 bits per heavy atom. The number of primary amides is 1. The molecule has 1 unspecified atom stereocenters. The highest BCUT2D eigenvalue weighted by Gasteiger charge is 2.37. The number of amides is 2. The molecule has 136 valence electrons. The number of hydrazone groups is 1. The van der Waals surface area contributed by atoms with Gasteiger partial charge in [0.2, 0.25) is 5.91 Å². The molecule has 25 heavy (non-hydrogen) atoms. The predicted molar refractivity (Wildman–Crippen MR) is 95.2 cm³/mol. The normalized spacial score (nSPS) is 23.0. The van der Waals surface area contributed by atoms with E-state index in [1.54, 1.807) is 4.90 Å². The molecule has 2 aliphatic rings. The topological polar surface area (TPSA) is 91.0 Å². The molecule has 2 amide bonds. The molecule has 2 atom stereocenters. The van der Waals surface area contributed by atoms with Crippen LogP contribution in [0.15, 0.2) is 29.4 Å². The molecule has 1 fully saturated rings. The Kier molecular flexibility index (Phi) is 5.97. The molecule has 0 saturated carbocycles. The molecule has 2 heterocycles. The summed E-state index contributed by atoms with van der Waals surface area (Å²) in [5.74, 6) is -1.14. The highest BCUT2D eigenvalue weighted by Crippen LogP contribution is 2.25. The molecule has 0 aromatic heterocycles. The SMILES string of the molecule is C[C@@H]1CN(C(=O)C2=NN(c3ccc(F)cc3)C(C(N)=O)C2)CCN1.Cl. The Labute approximate surface area is 151 Å². The Balaban J connectivity index is 0.00000225. The minimum absolute atomic E-state index is 0. The van der Waals surface area contributed by atoms with Crippen LogP contribution < -0.4 is 16.1 Å². The van der Waals surface area contributed by atoms with Crippen LogP contribution in [-0.2, 0) is 9.59 Å². The van der Waals surface area contributed by atoms with E-state index in [1.165, 1.54) is 29.3 Å². The van der Waals surface area contributed by atoms with Crippen LogP contribution in [0.3, 0.4) is 0 Å². The minimum Gasteiger partial charge on any atom is -0.368 e. The third-order valence-corrected chi connectivity index (χ3v) is 4.23. The van der Waals surface area contributed by atoms with E-state index in [1.807, 2.05) is 6.92 Å². The van der Waals surface area contributed by atoms with Crippen molar-refractivity contribution in [3.63, 3.8) is 0 Å². The van der Waals surface area contributed by atoms with Gasteiger partial charge in [0.1, 0.15) is 17.6 Å². The lowest BCUT2D eigenvalue weighted by Crippen LogP contribution is -2.53. The maximum absolute atomic E-state index is 13.1. The van der Waals surface area contributed by atoms with Crippen LogP contribution in [0.5, 0.6) is 0 Å². The van der Waals surface area contributed by atoms with E-state index < -0.39 is 11.9 Å². The average molecular weight is 370 g/mol. The quantitative estimate of drug-likeness (QED) is 0.811. The number of nitrogens with two attached hydrogens (primary N) is 1. The number of rotatable bonds is 3. The summed E-state index contributed by atoms with van der Waals surface area (Å²) in [6, 6.07) is 5.05. The van der Waals surface area contributed by atoms with Crippen LogP contribution in [0.4, 0.5) is 10.1 Å². The smallest absolute Gasteiger partial charge is 0.270 e. The van der Waals surface area contributed by atoms with Gasteiger partial charge in [-0.25, -0.2) is 4.39 Å². The van der Waals surface area contributed by atoms with Gasteiger partial charge in [-0.15, -0.1) is 12.4 Å². The Bertz CT molecular complexity index is 682.